The molecule has 4 heteroatoms. The van der Waals surface area contributed by atoms with Gasteiger partial charge in [-0.05, 0) is 104 Å². The predicted octanol–water partition coefficient (Wildman–Crippen LogP) is 9.68. The molecule has 0 aromatic heterocycles. The van der Waals surface area contributed by atoms with Gasteiger partial charge in [-0.1, -0.05) is 75.4 Å². The Hall–Kier alpha value is -0.0200. The lowest BCUT2D eigenvalue weighted by atomic mass is 9.45. The maximum atomic E-state index is 11.7. The van der Waals surface area contributed by atoms with Gasteiger partial charge in [-0.25, -0.2) is 0 Å². The minimum absolute atomic E-state index is 0.00467. The lowest BCUT2D eigenvalue weighted by molar-refractivity contribution is -0.148. The quantitative estimate of drug-likeness (QED) is 0.173. The van der Waals surface area contributed by atoms with Crippen molar-refractivity contribution in [1.29, 1.82) is 0 Å². The van der Waals surface area contributed by atoms with Crippen LogP contribution in [-0.2, 0) is 9.53 Å². The van der Waals surface area contributed by atoms with E-state index in [-0.39, 0.29) is 17.5 Å². The van der Waals surface area contributed by atoms with Gasteiger partial charge < -0.3 is 4.74 Å². The van der Waals surface area contributed by atoms with E-state index in [0.717, 1.165) is 61.2 Å². The molecule has 0 aliphatic heterocycles. The molecule has 1 unspecified atom stereocenters. The highest BCUT2D eigenvalue weighted by Gasteiger charge is 2.61. The Labute approximate surface area is 228 Å². The molecule has 3 fully saturated rings. The first-order valence-corrected chi connectivity index (χ1v) is 15.7. The van der Waals surface area contributed by atoms with E-state index in [4.69, 9.17) is 16.3 Å². The molecule has 0 amide bonds. The summed E-state index contributed by atoms with van der Waals surface area (Å²) in [4.78, 5) is 11.7. The average molecular weight is 570 g/mol. The Kier molecular flexibility index (Phi) is 8.22. The van der Waals surface area contributed by atoms with Crippen molar-refractivity contribution in [2.24, 2.45) is 46.3 Å². The zero-order valence-electron chi connectivity index (χ0n) is 23.4. The van der Waals surface area contributed by atoms with Crippen LogP contribution in [0.5, 0.6) is 0 Å². The summed E-state index contributed by atoms with van der Waals surface area (Å²) in [5.41, 5.74) is 3.56. The molecular weight excluding hydrogens is 520 g/mol. The summed E-state index contributed by atoms with van der Waals surface area (Å²) in [5, 5.41) is 0. The molecule has 0 radical (unpaired) electrons. The van der Waals surface area contributed by atoms with Crippen LogP contribution in [0.4, 0.5) is 0 Å². The molecule has 35 heavy (non-hydrogen) atoms. The van der Waals surface area contributed by atoms with E-state index in [0.29, 0.717) is 5.41 Å². The smallest absolute Gasteiger partial charge is 0.302 e. The third-order valence-corrected chi connectivity index (χ3v) is 11.9. The van der Waals surface area contributed by atoms with E-state index in [1.54, 1.807) is 6.92 Å². The first-order valence-electron chi connectivity index (χ1n) is 14.6. The maximum Gasteiger partial charge on any atom is 0.302 e. The summed E-state index contributed by atoms with van der Waals surface area (Å²) in [5.74, 6) is 4.63. The summed E-state index contributed by atoms with van der Waals surface area (Å²) in [6.45, 7) is 16.1. The topological polar surface area (TPSA) is 26.3 Å². The van der Waals surface area contributed by atoms with Crippen LogP contribution in [0.25, 0.3) is 0 Å². The van der Waals surface area contributed by atoms with Crippen LogP contribution in [-0.4, -0.2) is 15.9 Å². The third-order valence-electron chi connectivity index (χ3n) is 11.2. The van der Waals surface area contributed by atoms with Crippen molar-refractivity contribution in [3.63, 3.8) is 0 Å². The van der Waals surface area contributed by atoms with Gasteiger partial charge in [0.2, 0.25) is 0 Å². The van der Waals surface area contributed by atoms with Crippen LogP contribution in [0.2, 0.25) is 0 Å². The van der Waals surface area contributed by atoms with E-state index >= 15 is 0 Å². The van der Waals surface area contributed by atoms with Crippen LogP contribution in [0.3, 0.4) is 0 Å². The fourth-order valence-electron chi connectivity index (χ4n) is 9.58. The number of allylic oxidation sites excluding steroid dienone is 1. The molecule has 0 aromatic rings. The predicted molar refractivity (Wildman–Crippen MR) is 151 cm³/mol. The van der Waals surface area contributed by atoms with Crippen LogP contribution in [0.15, 0.2) is 11.1 Å². The molecule has 4 aliphatic rings. The molecule has 0 aromatic carbocycles. The maximum absolute atomic E-state index is 11.7. The fourth-order valence-corrected chi connectivity index (χ4v) is 10.2. The number of hydrogen-bond donors (Lipinski definition) is 0. The van der Waals surface area contributed by atoms with Crippen LogP contribution >= 0.6 is 27.5 Å². The molecule has 9 atom stereocenters. The van der Waals surface area contributed by atoms with Crippen LogP contribution in [0, 0.1) is 46.3 Å². The van der Waals surface area contributed by atoms with Crippen molar-refractivity contribution < 1.29 is 9.53 Å². The van der Waals surface area contributed by atoms with Gasteiger partial charge in [-0.15, -0.1) is 11.6 Å². The largest absolute Gasteiger partial charge is 0.462 e. The SMILES string of the molecule is CC(=O)O[C@H]1CC[C@@]2(C)C(=C(C(C)(Cl)Br)C[C@H]3[C@@H]4CC[C@H]([C@H](C)CCCC(C)C)[C@@]4(C)CC[C@@H]32)C1. The number of carbonyl (C=O) groups excluding carboxylic acids is 1. The van der Waals surface area contributed by atoms with Gasteiger partial charge in [-0.3, -0.25) is 4.79 Å². The Bertz CT molecular complexity index is 828. The highest BCUT2D eigenvalue weighted by molar-refractivity contribution is 9.10. The van der Waals surface area contributed by atoms with Crippen molar-refractivity contribution >= 4 is 33.5 Å². The summed E-state index contributed by atoms with van der Waals surface area (Å²) >= 11 is 10.9. The third kappa shape index (κ3) is 5.30. The Balaban J connectivity index is 1.61. The second-order valence-corrected chi connectivity index (χ2v) is 16.6. The zero-order valence-corrected chi connectivity index (χ0v) is 25.7. The highest BCUT2D eigenvalue weighted by Crippen LogP contribution is 2.69. The van der Waals surface area contributed by atoms with Crippen LogP contribution < -0.4 is 0 Å². The first-order chi connectivity index (χ1) is 16.3. The molecule has 4 aliphatic carbocycles. The van der Waals surface area contributed by atoms with Gasteiger partial charge in [-0.2, -0.15) is 0 Å². The molecule has 4 rings (SSSR count). The molecule has 3 saturated carbocycles. The van der Waals surface area contributed by atoms with E-state index < -0.39 is 3.78 Å². The number of fused-ring (bicyclic) bond motifs is 5. The lowest BCUT2D eigenvalue weighted by Crippen LogP contribution is -2.52. The second kappa shape index (κ2) is 10.3. The van der Waals surface area contributed by atoms with Crippen molar-refractivity contribution in [3.8, 4) is 0 Å². The first kappa shape index (κ1) is 28.0. The highest BCUT2D eigenvalue weighted by atomic mass is 79.9. The van der Waals surface area contributed by atoms with E-state index in [1.807, 2.05) is 0 Å². The van der Waals surface area contributed by atoms with Gasteiger partial charge in [0.25, 0.3) is 0 Å². The molecule has 0 N–H and O–H groups in total. The van der Waals surface area contributed by atoms with Gasteiger partial charge in [0.1, 0.15) is 9.89 Å². The van der Waals surface area contributed by atoms with Crippen molar-refractivity contribution in [2.45, 2.75) is 129 Å². The Morgan fingerprint density at radius 1 is 1.09 bits per heavy atom. The molecule has 0 bridgehead atoms. The molecular formula is C31H50BrClO2. The summed E-state index contributed by atoms with van der Waals surface area (Å²) in [6, 6.07) is 0. The van der Waals surface area contributed by atoms with E-state index in [9.17, 15) is 4.79 Å². The summed E-state index contributed by atoms with van der Waals surface area (Å²) < 4.78 is 5.20. The molecule has 0 heterocycles. The number of alkyl halides is 2. The Morgan fingerprint density at radius 2 is 1.80 bits per heavy atom. The van der Waals surface area contributed by atoms with Crippen molar-refractivity contribution in [2.75, 3.05) is 0 Å². The fraction of sp³-hybridized carbons (Fsp3) is 0.903. The average Bonchev–Trinajstić information content (AvgIpc) is 3.09. The number of halogens is 2. The number of rotatable bonds is 7. The number of ether oxygens (including phenoxy) is 1. The van der Waals surface area contributed by atoms with Crippen molar-refractivity contribution in [3.05, 3.63) is 11.1 Å². The lowest BCUT2D eigenvalue weighted by Gasteiger charge is -2.60. The molecule has 200 valence electrons. The van der Waals surface area contributed by atoms with E-state index in [1.165, 1.54) is 56.1 Å². The van der Waals surface area contributed by atoms with Gasteiger partial charge in [0.05, 0.1) is 0 Å². The van der Waals surface area contributed by atoms with Gasteiger partial charge in [0, 0.05) is 13.3 Å². The molecule has 0 saturated heterocycles. The molecule has 0 spiro atoms. The number of esters is 1. The summed E-state index contributed by atoms with van der Waals surface area (Å²) in [7, 11) is 0. The standard InChI is InChI=1S/C31H50BrClO2/c1-19(2)9-8-10-20(3)24-11-12-25-23-18-28(31(7,32)33)27-17-22(35-21(4)34)13-15-30(27,6)26(23)14-16-29(24,25)5/h19-20,22-26H,8-18H2,1-7H3/t20-,22+,23+,24-,25+,26+,29-,30-,31?/m1/s1. The second-order valence-electron chi connectivity index (χ2n) is 13.8. The summed E-state index contributed by atoms with van der Waals surface area (Å²) in [6.07, 6.45) is 13.8. The minimum atomic E-state index is -0.525. The van der Waals surface area contributed by atoms with Crippen molar-refractivity contribution in [1.82, 2.24) is 0 Å². The Morgan fingerprint density at radius 3 is 2.43 bits per heavy atom. The zero-order chi connectivity index (χ0) is 25.8. The van der Waals surface area contributed by atoms with Gasteiger partial charge in [0.15, 0.2) is 0 Å². The van der Waals surface area contributed by atoms with Crippen LogP contribution in [0.1, 0.15) is 119 Å². The van der Waals surface area contributed by atoms with E-state index in [2.05, 4.69) is 57.5 Å². The number of carbonyl (C=O) groups is 1. The number of hydrogen-bond acceptors (Lipinski definition) is 2. The monoisotopic (exact) mass is 568 g/mol. The normalized spacial score (nSPS) is 41.6. The minimum Gasteiger partial charge on any atom is -0.462 e. The molecule has 2 nitrogen and oxygen atoms in total. The van der Waals surface area contributed by atoms with Gasteiger partial charge >= 0.3 is 5.97 Å².